The zero-order chi connectivity index (χ0) is 8.48. The highest BCUT2D eigenvalue weighted by Gasteiger charge is 2.28. The molecule has 0 aromatic heterocycles. The van der Waals surface area contributed by atoms with E-state index in [1.807, 2.05) is 0 Å². The first-order valence-electron chi connectivity index (χ1n) is 3.53. The molecule has 1 aliphatic heterocycles. The second kappa shape index (κ2) is 3.06. The van der Waals surface area contributed by atoms with Gasteiger partial charge in [-0.2, -0.15) is 8.42 Å². The highest BCUT2D eigenvalue weighted by molar-refractivity contribution is 7.86. The van der Waals surface area contributed by atoms with Crippen molar-refractivity contribution in [1.29, 1.82) is 0 Å². The van der Waals surface area contributed by atoms with Crippen molar-refractivity contribution in [1.82, 2.24) is 0 Å². The Bertz CT molecular complexity index is 224. The average Bonchev–Trinajstić information content (AvgIpc) is 2.12. The number of halogens is 1. The van der Waals surface area contributed by atoms with Crippen molar-refractivity contribution in [2.45, 2.75) is 19.4 Å². The van der Waals surface area contributed by atoms with Crippen LogP contribution >= 0.6 is 0 Å². The molecular formula is C6H11FO3S. The minimum Gasteiger partial charge on any atom is -0.378 e. The van der Waals surface area contributed by atoms with Crippen LogP contribution in [-0.4, -0.2) is 26.9 Å². The van der Waals surface area contributed by atoms with Crippen molar-refractivity contribution in [2.24, 2.45) is 5.92 Å². The highest BCUT2D eigenvalue weighted by atomic mass is 32.3. The van der Waals surface area contributed by atoms with Crippen LogP contribution in [0.4, 0.5) is 3.89 Å². The minimum atomic E-state index is -4.32. The predicted octanol–water partition coefficient (Wildman–Crippen LogP) is 0.711. The molecule has 1 rings (SSSR count). The Kier molecular flexibility index (Phi) is 2.49. The molecule has 0 saturated carbocycles. The zero-order valence-electron chi connectivity index (χ0n) is 6.29. The molecule has 1 fully saturated rings. The first-order chi connectivity index (χ1) is 4.99. The monoisotopic (exact) mass is 182 g/mol. The van der Waals surface area contributed by atoms with Crippen molar-refractivity contribution >= 4 is 10.2 Å². The summed E-state index contributed by atoms with van der Waals surface area (Å²) in [6.45, 7) is 2.31. The minimum absolute atomic E-state index is 0.125. The summed E-state index contributed by atoms with van der Waals surface area (Å²) in [5, 5.41) is 0. The van der Waals surface area contributed by atoms with E-state index in [2.05, 4.69) is 0 Å². The van der Waals surface area contributed by atoms with Crippen molar-refractivity contribution in [3.63, 3.8) is 0 Å². The van der Waals surface area contributed by atoms with Gasteiger partial charge >= 0.3 is 10.2 Å². The fourth-order valence-electron chi connectivity index (χ4n) is 1.25. The lowest BCUT2D eigenvalue weighted by atomic mass is 10.1. The molecule has 0 N–H and O–H groups in total. The zero-order valence-corrected chi connectivity index (χ0v) is 7.10. The van der Waals surface area contributed by atoms with E-state index in [0.29, 0.717) is 13.0 Å². The predicted molar refractivity (Wildman–Crippen MR) is 38.4 cm³/mol. The molecule has 0 aromatic carbocycles. The van der Waals surface area contributed by atoms with Crippen LogP contribution < -0.4 is 0 Å². The first-order valence-corrected chi connectivity index (χ1v) is 5.08. The van der Waals surface area contributed by atoms with E-state index in [0.717, 1.165) is 0 Å². The van der Waals surface area contributed by atoms with Crippen LogP contribution in [-0.2, 0) is 15.0 Å². The second-order valence-corrected chi connectivity index (χ2v) is 4.24. The Morgan fingerprint density at radius 1 is 1.64 bits per heavy atom. The fourth-order valence-corrected chi connectivity index (χ4v) is 2.20. The van der Waals surface area contributed by atoms with Gasteiger partial charge in [-0.1, -0.05) is 0 Å². The third kappa shape index (κ3) is 2.75. The second-order valence-electron chi connectivity index (χ2n) is 2.83. The van der Waals surface area contributed by atoms with Gasteiger partial charge in [0.15, 0.2) is 0 Å². The number of hydrogen-bond acceptors (Lipinski definition) is 3. The van der Waals surface area contributed by atoms with Gasteiger partial charge in [-0.05, 0) is 13.3 Å². The summed E-state index contributed by atoms with van der Waals surface area (Å²) in [5.41, 5.74) is 0. The van der Waals surface area contributed by atoms with Crippen molar-refractivity contribution in [3.05, 3.63) is 0 Å². The van der Waals surface area contributed by atoms with E-state index in [9.17, 15) is 12.3 Å². The molecule has 2 atom stereocenters. The molecule has 1 aliphatic rings. The Morgan fingerprint density at radius 3 is 2.64 bits per heavy atom. The fraction of sp³-hybridized carbons (Fsp3) is 1.00. The summed E-state index contributed by atoms with van der Waals surface area (Å²) >= 11 is 0. The van der Waals surface area contributed by atoms with Crippen LogP contribution in [0.1, 0.15) is 13.3 Å². The molecule has 1 saturated heterocycles. The molecule has 0 bridgehead atoms. The Balaban J connectivity index is 2.50. The van der Waals surface area contributed by atoms with Gasteiger partial charge in [0.1, 0.15) is 0 Å². The normalized spacial score (nSPS) is 32.5. The maximum Gasteiger partial charge on any atom is 0.302 e. The average molecular weight is 182 g/mol. The molecule has 0 aromatic rings. The molecule has 5 heteroatoms. The van der Waals surface area contributed by atoms with E-state index in [1.54, 1.807) is 6.92 Å². The van der Waals surface area contributed by atoms with Gasteiger partial charge in [0.25, 0.3) is 0 Å². The smallest absolute Gasteiger partial charge is 0.302 e. The van der Waals surface area contributed by atoms with Gasteiger partial charge < -0.3 is 4.74 Å². The van der Waals surface area contributed by atoms with E-state index < -0.39 is 16.0 Å². The largest absolute Gasteiger partial charge is 0.378 e. The quantitative estimate of drug-likeness (QED) is 0.591. The molecule has 0 aliphatic carbocycles. The molecule has 0 unspecified atom stereocenters. The maximum atomic E-state index is 12.1. The summed E-state index contributed by atoms with van der Waals surface area (Å²) < 4.78 is 37.6. The van der Waals surface area contributed by atoms with E-state index in [4.69, 9.17) is 4.74 Å². The third-order valence-electron chi connectivity index (χ3n) is 1.95. The summed E-state index contributed by atoms with van der Waals surface area (Å²) in [5.74, 6) is -0.557. The molecule has 66 valence electrons. The highest BCUT2D eigenvalue weighted by Crippen LogP contribution is 2.22. The van der Waals surface area contributed by atoms with Crippen molar-refractivity contribution in [3.8, 4) is 0 Å². The topological polar surface area (TPSA) is 43.4 Å². The molecule has 11 heavy (non-hydrogen) atoms. The van der Waals surface area contributed by atoms with Gasteiger partial charge in [0.2, 0.25) is 0 Å². The van der Waals surface area contributed by atoms with E-state index in [-0.39, 0.29) is 12.0 Å². The number of hydrogen-bond donors (Lipinski definition) is 0. The van der Waals surface area contributed by atoms with E-state index in [1.165, 1.54) is 0 Å². The molecule has 1 heterocycles. The maximum absolute atomic E-state index is 12.1. The van der Waals surface area contributed by atoms with Crippen LogP contribution in [0.3, 0.4) is 0 Å². The van der Waals surface area contributed by atoms with Crippen LogP contribution in [0.15, 0.2) is 0 Å². The summed E-state index contributed by atoms with van der Waals surface area (Å²) in [7, 11) is -4.32. The molecule has 0 spiro atoms. The van der Waals surface area contributed by atoms with Crippen molar-refractivity contribution in [2.75, 3.05) is 12.4 Å². The van der Waals surface area contributed by atoms with Crippen LogP contribution in [0.2, 0.25) is 0 Å². The van der Waals surface area contributed by atoms with Crippen LogP contribution in [0, 0.1) is 5.92 Å². The lowest BCUT2D eigenvalue weighted by Crippen LogP contribution is -2.19. The third-order valence-corrected chi connectivity index (χ3v) is 2.77. The number of rotatable bonds is 2. The SMILES string of the molecule is C[C@@H]1OCC[C@@H]1CS(=O)(=O)F. The Labute approximate surface area is 65.8 Å². The van der Waals surface area contributed by atoms with Crippen LogP contribution in [0.5, 0.6) is 0 Å². The molecule has 0 amide bonds. The van der Waals surface area contributed by atoms with E-state index >= 15 is 0 Å². The first kappa shape index (κ1) is 8.93. The van der Waals surface area contributed by atoms with Crippen LogP contribution in [0.25, 0.3) is 0 Å². The Hall–Kier alpha value is -0.160. The molecular weight excluding hydrogens is 171 g/mol. The van der Waals surface area contributed by atoms with Gasteiger partial charge in [0, 0.05) is 12.5 Å². The summed E-state index contributed by atoms with van der Waals surface area (Å²) in [6.07, 6.45) is 0.519. The molecule has 0 radical (unpaired) electrons. The lowest BCUT2D eigenvalue weighted by molar-refractivity contribution is 0.110. The standard InChI is InChI=1S/C6H11FO3S/c1-5-6(2-3-10-5)4-11(7,8)9/h5-6H,2-4H2,1H3/t5-,6+/m0/s1. The summed E-state index contributed by atoms with van der Waals surface area (Å²) in [6, 6.07) is 0. The molecule has 3 nitrogen and oxygen atoms in total. The lowest BCUT2D eigenvalue weighted by Gasteiger charge is -2.09. The van der Waals surface area contributed by atoms with Gasteiger partial charge in [-0.3, -0.25) is 0 Å². The Morgan fingerprint density at radius 2 is 2.27 bits per heavy atom. The van der Waals surface area contributed by atoms with Gasteiger partial charge in [-0.15, -0.1) is 3.89 Å². The van der Waals surface area contributed by atoms with Gasteiger partial charge in [-0.25, -0.2) is 0 Å². The summed E-state index contributed by atoms with van der Waals surface area (Å²) in [4.78, 5) is 0. The van der Waals surface area contributed by atoms with Gasteiger partial charge in [0.05, 0.1) is 11.9 Å². The number of ether oxygens (including phenoxy) is 1. The van der Waals surface area contributed by atoms with Crippen molar-refractivity contribution < 1.29 is 17.0 Å².